The fourth-order valence-corrected chi connectivity index (χ4v) is 5.31. The number of fused-ring (bicyclic) bond motifs is 1. The molecule has 9 nitrogen and oxygen atoms in total. The topological polar surface area (TPSA) is 124 Å². The van der Waals surface area contributed by atoms with E-state index in [4.69, 9.17) is 9.47 Å². The molecule has 0 saturated heterocycles. The maximum atomic E-state index is 13.6. The highest BCUT2D eigenvalue weighted by atomic mass is 32.2. The van der Waals surface area contributed by atoms with Crippen molar-refractivity contribution in [2.75, 3.05) is 19.5 Å². The molecule has 3 aromatic carbocycles. The van der Waals surface area contributed by atoms with Crippen LogP contribution in [0.3, 0.4) is 0 Å². The van der Waals surface area contributed by atoms with Crippen LogP contribution in [0, 0.1) is 11.6 Å². The zero-order valence-corrected chi connectivity index (χ0v) is 25.5. The number of para-hydroxylation sites is 1. The molecule has 0 aliphatic carbocycles. The van der Waals surface area contributed by atoms with Gasteiger partial charge >= 0.3 is 5.97 Å². The standard InChI is InChI=1S/C33H34F2N2O7S/c1-45(41,42)36-30(38)12-5-8-25-21-37(22-31(39)40)33-24(7-4-9-27(25)33)16-13-23-14-17-26(18-15-23)43-19-2-3-20-44-29-11-6-10-28(34)32(29)35/h4,6-7,9-11,13-18,21H,2-3,5,8,12,19-20,22H2,1H3,(H,36,38)(H,39,40)/b16-13+. The van der Waals surface area contributed by atoms with Gasteiger partial charge in [-0.05, 0) is 66.6 Å². The zero-order valence-electron chi connectivity index (χ0n) is 24.7. The molecule has 0 radical (unpaired) electrons. The van der Waals surface area contributed by atoms with E-state index >= 15 is 0 Å². The number of benzene rings is 3. The quantitative estimate of drug-likeness (QED) is 0.117. The molecule has 238 valence electrons. The number of aromatic nitrogens is 1. The number of carbonyl (C=O) groups excluding carboxylic acids is 1. The second kappa shape index (κ2) is 15.3. The minimum atomic E-state index is -3.62. The van der Waals surface area contributed by atoms with Crippen molar-refractivity contribution in [3.8, 4) is 11.5 Å². The molecule has 45 heavy (non-hydrogen) atoms. The predicted octanol–water partition coefficient (Wildman–Crippen LogP) is 5.81. The normalized spacial score (nSPS) is 11.6. The van der Waals surface area contributed by atoms with Crippen molar-refractivity contribution in [2.45, 2.75) is 38.6 Å². The van der Waals surface area contributed by atoms with Crippen molar-refractivity contribution in [3.05, 3.63) is 95.2 Å². The first kappa shape index (κ1) is 33.2. The molecule has 1 aromatic heterocycles. The number of hydrogen-bond donors (Lipinski definition) is 2. The predicted molar refractivity (Wildman–Crippen MR) is 167 cm³/mol. The molecule has 0 unspecified atom stereocenters. The Morgan fingerprint density at radius 3 is 2.36 bits per heavy atom. The molecule has 0 saturated carbocycles. The van der Waals surface area contributed by atoms with E-state index in [-0.39, 0.29) is 25.3 Å². The van der Waals surface area contributed by atoms with Gasteiger partial charge in [-0.15, -0.1) is 0 Å². The second-order valence-corrected chi connectivity index (χ2v) is 12.2. The fraction of sp³-hybridized carbons (Fsp3) is 0.273. The van der Waals surface area contributed by atoms with Crippen LogP contribution in [0.1, 0.15) is 42.4 Å². The number of nitrogens with zero attached hydrogens (tertiary/aromatic N) is 1. The highest BCUT2D eigenvalue weighted by molar-refractivity contribution is 7.89. The Labute approximate surface area is 260 Å². The first-order valence-electron chi connectivity index (χ1n) is 14.3. The van der Waals surface area contributed by atoms with Crippen LogP contribution in [0.4, 0.5) is 8.78 Å². The first-order chi connectivity index (χ1) is 21.5. The van der Waals surface area contributed by atoms with Crippen LogP contribution in [0.15, 0.2) is 66.9 Å². The monoisotopic (exact) mass is 640 g/mol. The highest BCUT2D eigenvalue weighted by Crippen LogP contribution is 2.28. The van der Waals surface area contributed by atoms with Gasteiger partial charge in [-0.25, -0.2) is 12.8 Å². The van der Waals surface area contributed by atoms with Crippen LogP contribution in [-0.4, -0.2) is 49.4 Å². The number of hydrogen-bond acceptors (Lipinski definition) is 6. The third-order valence-electron chi connectivity index (χ3n) is 6.78. The second-order valence-electron chi connectivity index (χ2n) is 10.4. The van der Waals surface area contributed by atoms with E-state index < -0.39 is 33.5 Å². The first-order valence-corrected chi connectivity index (χ1v) is 16.2. The average Bonchev–Trinajstić information content (AvgIpc) is 3.32. The molecular weight excluding hydrogens is 606 g/mol. The van der Waals surface area contributed by atoms with Crippen LogP contribution < -0.4 is 14.2 Å². The highest BCUT2D eigenvalue weighted by Gasteiger charge is 2.15. The summed E-state index contributed by atoms with van der Waals surface area (Å²) in [4.78, 5) is 23.5. The van der Waals surface area contributed by atoms with E-state index in [1.807, 2.05) is 59.3 Å². The number of ether oxygens (including phenoxy) is 2. The van der Waals surface area contributed by atoms with E-state index in [0.717, 1.165) is 39.9 Å². The molecule has 2 N–H and O–H groups in total. The summed E-state index contributed by atoms with van der Waals surface area (Å²) in [6.07, 6.45) is 8.65. The number of carboxylic acid groups (broad SMARTS) is 1. The van der Waals surface area contributed by atoms with E-state index in [1.54, 1.807) is 10.8 Å². The number of amides is 1. The van der Waals surface area contributed by atoms with Crippen molar-refractivity contribution < 1.29 is 41.4 Å². The van der Waals surface area contributed by atoms with Crippen molar-refractivity contribution >= 4 is 45.0 Å². The van der Waals surface area contributed by atoms with Gasteiger partial charge in [0.05, 0.1) is 25.0 Å². The number of rotatable bonds is 16. The summed E-state index contributed by atoms with van der Waals surface area (Å²) in [6, 6.07) is 16.9. The molecule has 1 heterocycles. The lowest BCUT2D eigenvalue weighted by Gasteiger charge is -2.09. The molecule has 12 heteroatoms. The van der Waals surface area contributed by atoms with Gasteiger partial charge in [0.1, 0.15) is 12.3 Å². The Morgan fingerprint density at radius 1 is 0.933 bits per heavy atom. The summed E-state index contributed by atoms with van der Waals surface area (Å²) in [5.41, 5.74) is 3.33. The van der Waals surface area contributed by atoms with E-state index in [9.17, 15) is 31.9 Å². The van der Waals surface area contributed by atoms with E-state index in [0.29, 0.717) is 38.0 Å². The van der Waals surface area contributed by atoms with Crippen molar-refractivity contribution in [1.82, 2.24) is 9.29 Å². The molecule has 0 spiro atoms. The van der Waals surface area contributed by atoms with Crippen molar-refractivity contribution in [2.24, 2.45) is 0 Å². The third kappa shape index (κ3) is 9.90. The average molecular weight is 641 g/mol. The SMILES string of the molecule is CS(=O)(=O)NC(=O)CCCc1cn(CC(=O)O)c2c(/C=C/c3ccc(OCCCCOc4cccc(F)c4F)cc3)cccc12. The van der Waals surface area contributed by atoms with Crippen molar-refractivity contribution in [3.63, 3.8) is 0 Å². The summed E-state index contributed by atoms with van der Waals surface area (Å²) in [5, 5.41) is 10.4. The molecular formula is C33H34F2N2O7S. The van der Waals surface area contributed by atoms with Crippen LogP contribution in [0.2, 0.25) is 0 Å². The molecule has 4 rings (SSSR count). The van der Waals surface area contributed by atoms with Gasteiger partial charge in [0.2, 0.25) is 21.7 Å². The van der Waals surface area contributed by atoms with Gasteiger partial charge < -0.3 is 19.1 Å². The number of nitrogens with one attached hydrogen (secondary N) is 1. The molecule has 1 amide bonds. The van der Waals surface area contributed by atoms with Gasteiger partial charge in [0.25, 0.3) is 0 Å². The number of unbranched alkanes of at least 4 members (excludes halogenated alkanes) is 1. The van der Waals surface area contributed by atoms with Crippen LogP contribution in [0.25, 0.3) is 23.1 Å². The van der Waals surface area contributed by atoms with Crippen LogP contribution in [0.5, 0.6) is 11.5 Å². The Morgan fingerprint density at radius 2 is 1.64 bits per heavy atom. The Kier molecular flexibility index (Phi) is 11.3. The largest absolute Gasteiger partial charge is 0.494 e. The number of sulfonamides is 1. The van der Waals surface area contributed by atoms with Gasteiger partial charge in [0, 0.05) is 18.0 Å². The molecule has 0 atom stereocenters. The summed E-state index contributed by atoms with van der Waals surface area (Å²) >= 11 is 0. The molecule has 0 aliphatic rings. The number of aliphatic carboxylic acids is 1. The third-order valence-corrected chi connectivity index (χ3v) is 7.38. The smallest absolute Gasteiger partial charge is 0.323 e. The lowest BCUT2D eigenvalue weighted by atomic mass is 10.0. The Bertz CT molecular complexity index is 1780. The van der Waals surface area contributed by atoms with E-state index in [2.05, 4.69) is 0 Å². The molecule has 0 aliphatic heterocycles. The summed E-state index contributed by atoms with van der Waals surface area (Å²) in [7, 11) is -3.62. The molecule has 0 fully saturated rings. The maximum absolute atomic E-state index is 13.6. The molecule has 0 bridgehead atoms. The maximum Gasteiger partial charge on any atom is 0.323 e. The lowest BCUT2D eigenvalue weighted by Crippen LogP contribution is -2.29. The van der Waals surface area contributed by atoms with Gasteiger partial charge in [-0.3, -0.25) is 14.3 Å². The minimum absolute atomic E-state index is 0.0180. The number of carbonyl (C=O) groups is 2. The van der Waals surface area contributed by atoms with Gasteiger partial charge in [-0.1, -0.05) is 48.6 Å². The minimum Gasteiger partial charge on any atom is -0.494 e. The lowest BCUT2D eigenvalue weighted by molar-refractivity contribution is -0.137. The summed E-state index contributed by atoms with van der Waals surface area (Å²) < 4.78 is 64.1. The Hall–Kier alpha value is -4.71. The summed E-state index contributed by atoms with van der Waals surface area (Å²) in [6.45, 7) is 0.424. The number of carboxylic acids is 1. The Balaban J connectivity index is 1.34. The van der Waals surface area contributed by atoms with Crippen LogP contribution >= 0.6 is 0 Å². The number of halogens is 2. The van der Waals surface area contributed by atoms with Crippen molar-refractivity contribution in [1.29, 1.82) is 0 Å². The van der Waals surface area contributed by atoms with Gasteiger partial charge in [0.15, 0.2) is 11.6 Å². The van der Waals surface area contributed by atoms with Gasteiger partial charge in [-0.2, -0.15) is 4.39 Å². The number of aryl methyl sites for hydroxylation is 1. The van der Waals surface area contributed by atoms with Crippen LogP contribution in [-0.2, 0) is 32.6 Å². The molecule has 4 aromatic rings. The fourth-order valence-electron chi connectivity index (χ4n) is 4.80. The zero-order chi connectivity index (χ0) is 32.4. The van der Waals surface area contributed by atoms with E-state index in [1.165, 1.54) is 12.1 Å². The summed E-state index contributed by atoms with van der Waals surface area (Å²) in [5.74, 6) is -2.95.